The van der Waals surface area contributed by atoms with Crippen LogP contribution in [-0.2, 0) is 6.42 Å². The molecule has 2 rings (SSSR count). The second kappa shape index (κ2) is 3.87. The zero-order chi connectivity index (χ0) is 9.47. The van der Waals surface area contributed by atoms with Crippen LogP contribution in [0.15, 0.2) is 18.2 Å². The van der Waals surface area contributed by atoms with Gasteiger partial charge in [0.15, 0.2) is 0 Å². The molecule has 0 atom stereocenters. The molecule has 1 aliphatic carbocycles. The first-order chi connectivity index (χ1) is 6.09. The Hall–Kier alpha value is -0.600. The Labute approximate surface area is 89.9 Å². The van der Waals surface area contributed by atoms with E-state index in [4.69, 9.17) is 5.73 Å². The lowest BCUT2D eigenvalue weighted by atomic mass is 10.0. The highest BCUT2D eigenvalue weighted by atomic mass is 35.5. The molecule has 1 fully saturated rings. The normalized spacial score (nSPS) is 17.4. The second-order valence-electron chi connectivity index (χ2n) is 4.12. The van der Waals surface area contributed by atoms with E-state index < -0.39 is 0 Å². The smallest absolute Gasteiger partial charge is 0.126 e. The summed E-state index contributed by atoms with van der Waals surface area (Å²) in [6.07, 6.45) is 3.08. The Morgan fingerprint density at radius 2 is 2.07 bits per heavy atom. The Morgan fingerprint density at radius 1 is 1.43 bits per heavy atom. The summed E-state index contributed by atoms with van der Waals surface area (Å²) in [6, 6.07) is 5.24. The van der Waals surface area contributed by atoms with Gasteiger partial charge in [-0.3, -0.25) is 0 Å². The number of rotatable bonds is 2. The lowest BCUT2D eigenvalue weighted by Crippen LogP contribution is -2.24. The largest absolute Gasteiger partial charge is 0.325 e. The highest BCUT2D eigenvalue weighted by molar-refractivity contribution is 5.85. The molecule has 1 aromatic rings. The third kappa shape index (κ3) is 2.46. The highest BCUT2D eigenvalue weighted by Crippen LogP contribution is 2.35. The topological polar surface area (TPSA) is 26.0 Å². The van der Waals surface area contributed by atoms with Crippen molar-refractivity contribution < 1.29 is 4.39 Å². The summed E-state index contributed by atoms with van der Waals surface area (Å²) < 4.78 is 12.9. The maximum atomic E-state index is 12.9. The van der Waals surface area contributed by atoms with E-state index in [2.05, 4.69) is 0 Å². The average molecular weight is 216 g/mol. The van der Waals surface area contributed by atoms with E-state index in [-0.39, 0.29) is 23.8 Å². The number of aryl methyl sites for hydroxylation is 1. The molecule has 1 saturated carbocycles. The summed E-state index contributed by atoms with van der Waals surface area (Å²) in [5.41, 5.74) is 7.85. The molecule has 0 aromatic heterocycles. The van der Waals surface area contributed by atoms with Crippen molar-refractivity contribution in [3.63, 3.8) is 0 Å². The Balaban J connectivity index is 0.000000980. The van der Waals surface area contributed by atoms with Crippen molar-refractivity contribution in [1.82, 2.24) is 0 Å². The number of nitrogens with two attached hydrogens (primary N) is 1. The molecule has 3 heteroatoms. The number of hydrogen-bond donors (Lipinski definition) is 1. The van der Waals surface area contributed by atoms with E-state index in [9.17, 15) is 4.39 Å². The molecule has 78 valence electrons. The molecule has 0 aliphatic heterocycles. The van der Waals surface area contributed by atoms with Crippen LogP contribution >= 0.6 is 12.4 Å². The maximum absolute atomic E-state index is 12.9. The van der Waals surface area contributed by atoms with E-state index in [0.717, 1.165) is 24.8 Å². The van der Waals surface area contributed by atoms with Gasteiger partial charge >= 0.3 is 0 Å². The van der Waals surface area contributed by atoms with Crippen molar-refractivity contribution in [2.24, 2.45) is 5.73 Å². The summed E-state index contributed by atoms with van der Waals surface area (Å²) >= 11 is 0. The van der Waals surface area contributed by atoms with Gasteiger partial charge in [-0.25, -0.2) is 4.39 Å². The van der Waals surface area contributed by atoms with Crippen LogP contribution in [0.4, 0.5) is 4.39 Å². The maximum Gasteiger partial charge on any atom is 0.126 e. The zero-order valence-corrected chi connectivity index (χ0v) is 9.03. The van der Waals surface area contributed by atoms with Crippen LogP contribution in [0, 0.1) is 12.7 Å². The van der Waals surface area contributed by atoms with Crippen LogP contribution in [0.5, 0.6) is 0 Å². The summed E-state index contributed by atoms with van der Waals surface area (Å²) in [4.78, 5) is 0. The molecule has 0 unspecified atom stereocenters. The summed E-state index contributed by atoms with van der Waals surface area (Å²) in [5, 5.41) is 0. The first-order valence-corrected chi connectivity index (χ1v) is 4.63. The van der Waals surface area contributed by atoms with E-state index in [0.29, 0.717) is 5.56 Å². The second-order valence-corrected chi connectivity index (χ2v) is 4.12. The molecular weight excluding hydrogens is 201 g/mol. The van der Waals surface area contributed by atoms with Gasteiger partial charge in [-0.2, -0.15) is 0 Å². The Morgan fingerprint density at radius 3 is 2.57 bits per heavy atom. The SMILES string of the molecule is Cc1cc(CC2(N)CC2)ccc1F.Cl. The van der Waals surface area contributed by atoms with Gasteiger partial charge in [0.25, 0.3) is 0 Å². The van der Waals surface area contributed by atoms with Gasteiger partial charge in [0.1, 0.15) is 5.82 Å². The van der Waals surface area contributed by atoms with Crippen LogP contribution in [0.2, 0.25) is 0 Å². The molecule has 0 bridgehead atoms. The van der Waals surface area contributed by atoms with Gasteiger partial charge < -0.3 is 5.73 Å². The number of hydrogen-bond acceptors (Lipinski definition) is 1. The predicted octanol–water partition coefficient (Wildman–Crippen LogP) is 2.59. The summed E-state index contributed by atoms with van der Waals surface area (Å²) in [6.45, 7) is 1.79. The van der Waals surface area contributed by atoms with E-state index in [1.165, 1.54) is 6.07 Å². The minimum absolute atomic E-state index is 0. The van der Waals surface area contributed by atoms with Crippen molar-refractivity contribution in [2.45, 2.75) is 31.7 Å². The number of benzene rings is 1. The molecule has 2 N–H and O–H groups in total. The van der Waals surface area contributed by atoms with E-state index in [1.54, 1.807) is 6.92 Å². The lowest BCUT2D eigenvalue weighted by Gasteiger charge is -2.08. The third-order valence-electron chi connectivity index (χ3n) is 2.67. The van der Waals surface area contributed by atoms with Crippen molar-refractivity contribution in [3.05, 3.63) is 35.1 Å². The van der Waals surface area contributed by atoms with Gasteiger partial charge in [0.2, 0.25) is 0 Å². The molecule has 0 saturated heterocycles. The molecule has 0 amide bonds. The van der Waals surface area contributed by atoms with Crippen LogP contribution in [-0.4, -0.2) is 5.54 Å². The van der Waals surface area contributed by atoms with Crippen molar-refractivity contribution >= 4 is 12.4 Å². The average Bonchev–Trinajstić information content (AvgIpc) is 2.76. The number of halogens is 2. The molecule has 0 spiro atoms. The minimum atomic E-state index is -0.134. The van der Waals surface area contributed by atoms with Crippen molar-refractivity contribution in [3.8, 4) is 0 Å². The van der Waals surface area contributed by atoms with Gasteiger partial charge in [-0.15, -0.1) is 12.4 Å². The first kappa shape index (κ1) is 11.5. The van der Waals surface area contributed by atoms with E-state index >= 15 is 0 Å². The molecule has 14 heavy (non-hydrogen) atoms. The molecular formula is C11H15ClFN. The fraction of sp³-hybridized carbons (Fsp3) is 0.455. The van der Waals surface area contributed by atoms with E-state index in [1.807, 2.05) is 12.1 Å². The predicted molar refractivity (Wildman–Crippen MR) is 58.2 cm³/mol. The van der Waals surface area contributed by atoms with Crippen LogP contribution < -0.4 is 5.73 Å². The van der Waals surface area contributed by atoms with Crippen LogP contribution in [0.25, 0.3) is 0 Å². The highest BCUT2D eigenvalue weighted by Gasteiger charge is 2.37. The van der Waals surface area contributed by atoms with Crippen LogP contribution in [0.3, 0.4) is 0 Å². The minimum Gasteiger partial charge on any atom is -0.325 e. The molecule has 0 radical (unpaired) electrons. The summed E-state index contributed by atoms with van der Waals surface area (Å²) in [7, 11) is 0. The van der Waals surface area contributed by atoms with Gasteiger partial charge in [0, 0.05) is 5.54 Å². The van der Waals surface area contributed by atoms with Crippen LogP contribution in [0.1, 0.15) is 24.0 Å². The monoisotopic (exact) mass is 215 g/mol. The van der Waals surface area contributed by atoms with Gasteiger partial charge in [-0.1, -0.05) is 12.1 Å². The first-order valence-electron chi connectivity index (χ1n) is 4.63. The standard InChI is InChI=1S/C11H14FN.ClH/c1-8-6-9(2-3-10(8)12)7-11(13)4-5-11;/h2-3,6H,4-5,7,13H2,1H3;1H. The fourth-order valence-corrected chi connectivity index (χ4v) is 1.56. The zero-order valence-electron chi connectivity index (χ0n) is 8.22. The quantitative estimate of drug-likeness (QED) is 0.807. The van der Waals surface area contributed by atoms with Crippen molar-refractivity contribution in [2.75, 3.05) is 0 Å². The Kier molecular flexibility index (Phi) is 3.17. The van der Waals surface area contributed by atoms with Crippen molar-refractivity contribution in [1.29, 1.82) is 0 Å². The third-order valence-corrected chi connectivity index (χ3v) is 2.67. The molecule has 0 heterocycles. The molecule has 1 aromatic carbocycles. The van der Waals surface area contributed by atoms with Gasteiger partial charge in [0.05, 0.1) is 0 Å². The molecule has 1 aliphatic rings. The van der Waals surface area contributed by atoms with Gasteiger partial charge in [-0.05, 0) is 43.4 Å². The fourth-order valence-electron chi connectivity index (χ4n) is 1.56. The lowest BCUT2D eigenvalue weighted by molar-refractivity contribution is 0.614. The summed E-state index contributed by atoms with van der Waals surface area (Å²) in [5.74, 6) is -0.134. The molecule has 1 nitrogen and oxygen atoms in total. The Bertz CT molecular complexity index is 334.